The van der Waals surface area contributed by atoms with Crippen LogP contribution in [-0.2, 0) is 9.47 Å². The lowest BCUT2D eigenvalue weighted by molar-refractivity contribution is -0.0333. The number of morpholine rings is 1. The maximum atomic E-state index is 5.61. The Hall–Kier alpha value is 0.230. The predicted molar refractivity (Wildman–Crippen MR) is 134 cm³/mol. The smallest absolute Gasteiger partial charge is 0.191 e. The quantitative estimate of drug-likeness (QED) is 0.294. The highest BCUT2D eigenvalue weighted by atomic mass is 127. The van der Waals surface area contributed by atoms with Gasteiger partial charge >= 0.3 is 0 Å². The van der Waals surface area contributed by atoms with E-state index >= 15 is 0 Å². The normalized spacial score (nSPS) is 25.1. The first-order chi connectivity index (χ1) is 13.7. The number of hydrogen-bond acceptors (Lipinski definition) is 5. The zero-order valence-corrected chi connectivity index (χ0v) is 21.5. The summed E-state index contributed by atoms with van der Waals surface area (Å²) in [4.78, 5) is 7.78. The van der Waals surface area contributed by atoms with Crippen molar-refractivity contribution in [1.29, 1.82) is 0 Å². The molecule has 0 unspecified atom stereocenters. The molecule has 0 spiro atoms. The topological polar surface area (TPSA) is 58.1 Å². The fourth-order valence-corrected chi connectivity index (χ4v) is 5.62. The minimum absolute atomic E-state index is 0. The average Bonchev–Trinajstić information content (AvgIpc) is 2.77. The van der Waals surface area contributed by atoms with Crippen LogP contribution in [0.25, 0.3) is 0 Å². The second kappa shape index (κ2) is 12.9. The van der Waals surface area contributed by atoms with Crippen LogP contribution in [0.15, 0.2) is 4.99 Å². The second-order valence-corrected chi connectivity index (χ2v) is 9.71. The molecule has 2 heterocycles. The maximum absolute atomic E-state index is 5.61. The molecule has 3 aliphatic rings. The third-order valence-corrected chi connectivity index (χ3v) is 8.18. The fraction of sp³-hybridized carbons (Fsp3) is 0.952. The summed E-state index contributed by atoms with van der Waals surface area (Å²) in [6.45, 7) is 10.5. The van der Waals surface area contributed by atoms with Gasteiger partial charge < -0.3 is 20.1 Å². The highest BCUT2D eigenvalue weighted by Gasteiger charge is 2.38. The molecule has 1 saturated carbocycles. The monoisotopic (exact) mass is 540 g/mol. The summed E-state index contributed by atoms with van der Waals surface area (Å²) in [5, 5.41) is 7.14. The third-order valence-electron chi connectivity index (χ3n) is 6.76. The number of guanidine groups is 1. The van der Waals surface area contributed by atoms with Crippen LogP contribution in [-0.4, -0.2) is 86.6 Å². The van der Waals surface area contributed by atoms with Gasteiger partial charge in [0.25, 0.3) is 0 Å². The first-order valence-electron chi connectivity index (χ1n) is 11.2. The van der Waals surface area contributed by atoms with E-state index in [1.807, 2.05) is 11.8 Å². The van der Waals surface area contributed by atoms with Crippen LogP contribution in [0.4, 0.5) is 0 Å². The number of nitrogens with one attached hydrogen (secondary N) is 2. The lowest BCUT2D eigenvalue weighted by Crippen LogP contribution is -2.57. The van der Waals surface area contributed by atoms with Crippen molar-refractivity contribution in [1.82, 2.24) is 15.5 Å². The molecule has 6 nitrogen and oxygen atoms in total. The van der Waals surface area contributed by atoms with E-state index in [9.17, 15) is 0 Å². The van der Waals surface area contributed by atoms with E-state index in [1.165, 1.54) is 32.1 Å². The number of thioether (sulfide) groups is 1. The zero-order valence-electron chi connectivity index (χ0n) is 18.3. The Bertz CT molecular complexity index is 491. The molecule has 1 aliphatic carbocycles. The average molecular weight is 541 g/mol. The van der Waals surface area contributed by atoms with Crippen molar-refractivity contribution in [3.8, 4) is 0 Å². The van der Waals surface area contributed by atoms with Gasteiger partial charge in [-0.2, -0.15) is 11.8 Å². The van der Waals surface area contributed by atoms with Gasteiger partial charge in [-0.15, -0.1) is 24.0 Å². The second-order valence-electron chi connectivity index (χ2n) is 8.43. The van der Waals surface area contributed by atoms with Crippen LogP contribution in [0, 0.1) is 0 Å². The van der Waals surface area contributed by atoms with Gasteiger partial charge in [0, 0.05) is 49.7 Å². The van der Waals surface area contributed by atoms with Gasteiger partial charge in [-0.05, 0) is 38.9 Å². The van der Waals surface area contributed by atoms with E-state index in [2.05, 4.69) is 28.7 Å². The maximum Gasteiger partial charge on any atom is 0.191 e. The van der Waals surface area contributed by atoms with Crippen molar-refractivity contribution in [2.24, 2.45) is 4.99 Å². The van der Waals surface area contributed by atoms with E-state index in [4.69, 9.17) is 14.5 Å². The number of halogens is 1. The van der Waals surface area contributed by atoms with Gasteiger partial charge in [0.15, 0.2) is 5.96 Å². The molecule has 0 aromatic carbocycles. The van der Waals surface area contributed by atoms with Crippen LogP contribution in [0.1, 0.15) is 51.9 Å². The summed E-state index contributed by atoms with van der Waals surface area (Å²) in [7, 11) is 0. The molecule has 8 heteroatoms. The number of ether oxygens (including phenoxy) is 2. The third kappa shape index (κ3) is 7.12. The summed E-state index contributed by atoms with van der Waals surface area (Å²) in [6, 6.07) is 0. The molecule has 0 bridgehead atoms. The minimum atomic E-state index is 0. The molecule has 3 rings (SSSR count). The van der Waals surface area contributed by atoms with Crippen molar-refractivity contribution in [2.75, 3.05) is 65.4 Å². The lowest BCUT2D eigenvalue weighted by atomic mass is 9.80. The van der Waals surface area contributed by atoms with E-state index in [0.717, 1.165) is 78.0 Å². The Morgan fingerprint density at radius 1 is 0.966 bits per heavy atom. The first kappa shape index (κ1) is 25.5. The Morgan fingerprint density at radius 3 is 2.24 bits per heavy atom. The molecule has 0 aromatic rings. The predicted octanol–water partition coefficient (Wildman–Crippen LogP) is 3.11. The molecule has 29 heavy (non-hydrogen) atoms. The van der Waals surface area contributed by atoms with Gasteiger partial charge in [-0.25, -0.2) is 0 Å². The highest BCUT2D eigenvalue weighted by molar-refractivity contribution is 14.0. The zero-order chi connectivity index (χ0) is 19.7. The molecule has 2 aliphatic heterocycles. The Morgan fingerprint density at radius 2 is 1.62 bits per heavy atom. The van der Waals surface area contributed by atoms with Crippen LogP contribution in [0.3, 0.4) is 0 Å². The molecule has 3 fully saturated rings. The largest absolute Gasteiger partial charge is 0.381 e. The van der Waals surface area contributed by atoms with Crippen molar-refractivity contribution in [2.45, 2.75) is 62.2 Å². The number of aliphatic imine (C=N–C) groups is 1. The van der Waals surface area contributed by atoms with Crippen molar-refractivity contribution < 1.29 is 9.47 Å². The Balaban J connectivity index is 0.00000300. The number of rotatable bonds is 7. The molecule has 2 saturated heterocycles. The summed E-state index contributed by atoms with van der Waals surface area (Å²) in [6.07, 6.45) is 11.0. The molecule has 0 atom stereocenters. The van der Waals surface area contributed by atoms with Gasteiger partial charge in [0.2, 0.25) is 0 Å². The summed E-state index contributed by atoms with van der Waals surface area (Å²) < 4.78 is 11.5. The molecule has 0 aromatic heterocycles. The SMILES string of the molecule is CCNC(=NCC1(N2CCOCC2)CCCCC1)NCC1(SC)CCOCC1.I. The lowest BCUT2D eigenvalue weighted by Gasteiger charge is -2.47. The number of nitrogens with zero attached hydrogens (tertiary/aromatic N) is 2. The summed E-state index contributed by atoms with van der Waals surface area (Å²) in [5.74, 6) is 0.973. The van der Waals surface area contributed by atoms with Crippen molar-refractivity contribution in [3.05, 3.63) is 0 Å². The van der Waals surface area contributed by atoms with Crippen LogP contribution in [0.5, 0.6) is 0 Å². The van der Waals surface area contributed by atoms with Crippen molar-refractivity contribution >= 4 is 41.7 Å². The molecular weight excluding hydrogens is 499 g/mol. The summed E-state index contributed by atoms with van der Waals surface area (Å²) >= 11 is 1.97. The van der Waals surface area contributed by atoms with E-state index < -0.39 is 0 Å². The van der Waals surface area contributed by atoms with E-state index in [0.29, 0.717) is 0 Å². The molecular formula is C21H41IN4O2S. The van der Waals surface area contributed by atoms with Gasteiger partial charge in [-0.3, -0.25) is 9.89 Å². The standard InChI is InChI=1S/C21H40N4O2S.HI/c1-3-22-19(24-18-21(28-2)9-13-26-14-10-21)23-17-20(7-5-4-6-8-20)25-11-15-27-16-12-25;/h3-18H2,1-2H3,(H2,22,23,24);1H. The summed E-state index contributed by atoms with van der Waals surface area (Å²) in [5.41, 5.74) is 0.222. The molecule has 0 amide bonds. The molecule has 0 radical (unpaired) electrons. The highest BCUT2D eigenvalue weighted by Crippen LogP contribution is 2.35. The van der Waals surface area contributed by atoms with Crippen molar-refractivity contribution in [3.63, 3.8) is 0 Å². The van der Waals surface area contributed by atoms with Crippen LogP contribution >= 0.6 is 35.7 Å². The molecule has 170 valence electrons. The van der Waals surface area contributed by atoms with Crippen LogP contribution in [0.2, 0.25) is 0 Å². The van der Waals surface area contributed by atoms with Crippen LogP contribution < -0.4 is 10.6 Å². The Labute approximate surface area is 198 Å². The number of hydrogen-bond donors (Lipinski definition) is 2. The van der Waals surface area contributed by atoms with Gasteiger partial charge in [0.05, 0.1) is 19.8 Å². The van der Waals surface area contributed by atoms with Gasteiger partial charge in [-0.1, -0.05) is 19.3 Å². The minimum Gasteiger partial charge on any atom is -0.381 e. The fourth-order valence-electron chi connectivity index (χ4n) is 4.83. The van der Waals surface area contributed by atoms with Gasteiger partial charge in [0.1, 0.15) is 0 Å². The van der Waals surface area contributed by atoms with E-state index in [-0.39, 0.29) is 34.3 Å². The Kier molecular flexibility index (Phi) is 11.4. The molecule has 2 N–H and O–H groups in total. The van der Waals surface area contributed by atoms with E-state index in [1.54, 1.807) is 0 Å². The first-order valence-corrected chi connectivity index (χ1v) is 12.4.